The van der Waals surface area contributed by atoms with Gasteiger partial charge in [0.05, 0.1) is 5.88 Å². The Bertz CT molecular complexity index is 873. The van der Waals surface area contributed by atoms with Crippen LogP contribution in [0.4, 0.5) is 4.39 Å². The van der Waals surface area contributed by atoms with Gasteiger partial charge in [-0.3, -0.25) is 4.79 Å². The third-order valence-corrected chi connectivity index (χ3v) is 4.20. The number of hydrogen-bond acceptors (Lipinski definition) is 2. The standard InChI is InChI=1S/C22H18ClFO2/c23-13-14-26-20-11-7-17(8-12-20)22(25)15-18-3-1-2-4-21(18)16-5-9-19(24)10-6-16/h1-12H,13-15H2. The van der Waals surface area contributed by atoms with Crippen molar-refractivity contribution in [3.63, 3.8) is 0 Å². The van der Waals surface area contributed by atoms with Crippen molar-refractivity contribution < 1.29 is 13.9 Å². The van der Waals surface area contributed by atoms with E-state index in [0.717, 1.165) is 16.7 Å². The maximum absolute atomic E-state index is 13.2. The van der Waals surface area contributed by atoms with Crippen molar-refractivity contribution in [1.82, 2.24) is 0 Å². The minimum Gasteiger partial charge on any atom is -0.492 e. The molecule has 0 saturated heterocycles. The molecule has 0 bridgehead atoms. The van der Waals surface area contributed by atoms with E-state index >= 15 is 0 Å². The van der Waals surface area contributed by atoms with Crippen LogP contribution in [0.3, 0.4) is 0 Å². The SMILES string of the molecule is O=C(Cc1ccccc1-c1ccc(F)cc1)c1ccc(OCCCl)cc1. The van der Waals surface area contributed by atoms with Crippen LogP contribution >= 0.6 is 11.6 Å². The Balaban J connectivity index is 1.78. The Morgan fingerprint density at radius 1 is 0.923 bits per heavy atom. The zero-order valence-corrected chi connectivity index (χ0v) is 14.9. The molecule has 26 heavy (non-hydrogen) atoms. The molecule has 0 aliphatic carbocycles. The minimum atomic E-state index is -0.279. The van der Waals surface area contributed by atoms with Gasteiger partial charge in [-0.25, -0.2) is 4.39 Å². The molecule has 0 aromatic heterocycles. The van der Waals surface area contributed by atoms with E-state index in [9.17, 15) is 9.18 Å². The van der Waals surface area contributed by atoms with Gasteiger partial charge in [-0.1, -0.05) is 36.4 Å². The largest absolute Gasteiger partial charge is 0.492 e. The lowest BCUT2D eigenvalue weighted by molar-refractivity contribution is 0.0993. The maximum Gasteiger partial charge on any atom is 0.167 e. The van der Waals surface area contributed by atoms with Crippen molar-refractivity contribution >= 4 is 17.4 Å². The van der Waals surface area contributed by atoms with Gasteiger partial charge in [-0.15, -0.1) is 11.6 Å². The fourth-order valence-corrected chi connectivity index (χ4v) is 2.83. The second kappa shape index (κ2) is 8.63. The third-order valence-electron chi connectivity index (χ3n) is 4.05. The lowest BCUT2D eigenvalue weighted by Crippen LogP contribution is -2.05. The Morgan fingerprint density at radius 3 is 2.31 bits per heavy atom. The summed E-state index contributed by atoms with van der Waals surface area (Å²) in [5.74, 6) is 0.845. The fraction of sp³-hybridized carbons (Fsp3) is 0.136. The fourth-order valence-electron chi connectivity index (χ4n) is 2.75. The molecule has 0 radical (unpaired) electrons. The van der Waals surface area contributed by atoms with Crippen molar-refractivity contribution in [3.8, 4) is 16.9 Å². The number of benzene rings is 3. The highest BCUT2D eigenvalue weighted by Crippen LogP contribution is 2.25. The average molecular weight is 369 g/mol. The summed E-state index contributed by atoms with van der Waals surface area (Å²) in [5.41, 5.74) is 3.35. The van der Waals surface area contributed by atoms with Crippen LogP contribution in [0.25, 0.3) is 11.1 Å². The molecule has 3 aromatic rings. The molecule has 0 heterocycles. The monoisotopic (exact) mass is 368 g/mol. The first-order valence-electron chi connectivity index (χ1n) is 8.33. The maximum atomic E-state index is 13.2. The number of ether oxygens (including phenoxy) is 1. The van der Waals surface area contributed by atoms with Gasteiger partial charge in [0.25, 0.3) is 0 Å². The highest BCUT2D eigenvalue weighted by Gasteiger charge is 2.11. The summed E-state index contributed by atoms with van der Waals surface area (Å²) in [4.78, 5) is 12.7. The Hall–Kier alpha value is -2.65. The second-order valence-corrected chi connectivity index (χ2v) is 6.20. The summed E-state index contributed by atoms with van der Waals surface area (Å²) >= 11 is 5.60. The van der Waals surface area contributed by atoms with Gasteiger partial charge in [0.2, 0.25) is 0 Å². The van der Waals surface area contributed by atoms with Gasteiger partial charge in [-0.05, 0) is 53.1 Å². The van der Waals surface area contributed by atoms with E-state index in [2.05, 4.69) is 0 Å². The molecular formula is C22H18ClFO2. The van der Waals surface area contributed by atoms with Crippen molar-refractivity contribution in [2.45, 2.75) is 6.42 Å². The lowest BCUT2D eigenvalue weighted by Gasteiger charge is -2.10. The van der Waals surface area contributed by atoms with Crippen LogP contribution in [0.5, 0.6) is 5.75 Å². The van der Waals surface area contributed by atoms with Gasteiger partial charge < -0.3 is 4.74 Å². The number of hydrogen-bond donors (Lipinski definition) is 0. The first-order chi connectivity index (χ1) is 12.7. The number of Topliss-reactive ketones (excluding diaryl/α,β-unsaturated/α-hetero) is 1. The van der Waals surface area contributed by atoms with Gasteiger partial charge in [-0.2, -0.15) is 0 Å². The van der Waals surface area contributed by atoms with E-state index in [-0.39, 0.29) is 18.0 Å². The Labute approximate surface area is 157 Å². The number of carbonyl (C=O) groups is 1. The second-order valence-electron chi connectivity index (χ2n) is 5.83. The molecule has 0 N–H and O–H groups in total. The van der Waals surface area contributed by atoms with E-state index in [1.807, 2.05) is 24.3 Å². The highest BCUT2D eigenvalue weighted by molar-refractivity contribution is 6.18. The van der Waals surface area contributed by atoms with Crippen LogP contribution in [0.2, 0.25) is 0 Å². The van der Waals surface area contributed by atoms with Crippen LogP contribution in [0, 0.1) is 5.82 Å². The topological polar surface area (TPSA) is 26.3 Å². The molecule has 4 heteroatoms. The third kappa shape index (κ3) is 4.50. The van der Waals surface area contributed by atoms with Crippen LogP contribution in [-0.4, -0.2) is 18.3 Å². The van der Waals surface area contributed by atoms with Crippen molar-refractivity contribution in [2.24, 2.45) is 0 Å². The van der Waals surface area contributed by atoms with Gasteiger partial charge >= 0.3 is 0 Å². The summed E-state index contributed by atoms with van der Waals surface area (Å²) in [6, 6.07) is 21.0. The van der Waals surface area contributed by atoms with E-state index in [0.29, 0.717) is 23.8 Å². The van der Waals surface area contributed by atoms with E-state index in [1.54, 1.807) is 36.4 Å². The van der Waals surface area contributed by atoms with Crippen LogP contribution in [0.1, 0.15) is 15.9 Å². The van der Waals surface area contributed by atoms with Crippen molar-refractivity contribution in [1.29, 1.82) is 0 Å². The quantitative estimate of drug-likeness (QED) is 0.404. The number of ketones is 1. The first kappa shape index (κ1) is 18.2. The molecule has 0 amide bonds. The molecule has 132 valence electrons. The molecular weight excluding hydrogens is 351 g/mol. The predicted molar refractivity (Wildman–Crippen MR) is 103 cm³/mol. The number of alkyl halides is 1. The zero-order chi connectivity index (χ0) is 18.4. The molecule has 0 aliphatic heterocycles. The molecule has 2 nitrogen and oxygen atoms in total. The van der Waals surface area contributed by atoms with E-state index in [1.165, 1.54) is 12.1 Å². The molecule has 0 unspecified atom stereocenters. The summed E-state index contributed by atoms with van der Waals surface area (Å²) in [7, 11) is 0. The first-order valence-corrected chi connectivity index (χ1v) is 8.86. The van der Waals surface area contributed by atoms with Gasteiger partial charge in [0, 0.05) is 12.0 Å². The Morgan fingerprint density at radius 2 is 1.62 bits per heavy atom. The normalized spacial score (nSPS) is 10.5. The highest BCUT2D eigenvalue weighted by atomic mass is 35.5. The number of carbonyl (C=O) groups excluding carboxylic acids is 1. The molecule has 3 rings (SSSR count). The number of rotatable bonds is 7. The van der Waals surface area contributed by atoms with Crippen molar-refractivity contribution in [3.05, 3.63) is 89.7 Å². The minimum absolute atomic E-state index is 0.0171. The lowest BCUT2D eigenvalue weighted by atomic mass is 9.94. The molecule has 0 spiro atoms. The van der Waals surface area contributed by atoms with Crippen LogP contribution in [-0.2, 0) is 6.42 Å². The smallest absolute Gasteiger partial charge is 0.167 e. The van der Waals surface area contributed by atoms with Gasteiger partial charge in [0.15, 0.2) is 5.78 Å². The molecule has 0 aliphatic rings. The summed E-state index contributed by atoms with van der Waals surface area (Å²) in [6.07, 6.45) is 0.273. The molecule has 0 saturated carbocycles. The number of halogens is 2. The van der Waals surface area contributed by atoms with Gasteiger partial charge in [0.1, 0.15) is 18.2 Å². The molecule has 3 aromatic carbocycles. The van der Waals surface area contributed by atoms with Crippen molar-refractivity contribution in [2.75, 3.05) is 12.5 Å². The van der Waals surface area contributed by atoms with Crippen LogP contribution < -0.4 is 4.74 Å². The van der Waals surface area contributed by atoms with Crippen LogP contribution in [0.15, 0.2) is 72.8 Å². The molecule has 0 fully saturated rings. The molecule has 0 atom stereocenters. The summed E-state index contributed by atoms with van der Waals surface area (Å²) < 4.78 is 18.6. The van der Waals surface area contributed by atoms with E-state index in [4.69, 9.17) is 16.3 Å². The summed E-state index contributed by atoms with van der Waals surface area (Å²) in [6.45, 7) is 0.430. The van der Waals surface area contributed by atoms with E-state index < -0.39 is 0 Å². The zero-order valence-electron chi connectivity index (χ0n) is 14.1. The Kier molecular flexibility index (Phi) is 6.03. The average Bonchev–Trinajstić information content (AvgIpc) is 2.68. The predicted octanol–water partition coefficient (Wildman–Crippen LogP) is 5.54. The summed E-state index contributed by atoms with van der Waals surface area (Å²) in [5, 5.41) is 0.